The largest absolute Gasteiger partial charge is 0.480 e. The van der Waals surface area contributed by atoms with Gasteiger partial charge in [-0.05, 0) is 19.1 Å². The number of anilines is 1. The Morgan fingerprint density at radius 2 is 2.00 bits per heavy atom. The third kappa shape index (κ3) is 3.50. The minimum absolute atomic E-state index is 0.00266. The molecule has 8 nitrogen and oxygen atoms in total. The van der Waals surface area contributed by atoms with E-state index in [9.17, 15) is 19.5 Å². The van der Waals surface area contributed by atoms with Crippen LogP contribution in [0.2, 0.25) is 0 Å². The van der Waals surface area contributed by atoms with Crippen LogP contribution in [0.4, 0.5) is 5.69 Å². The summed E-state index contributed by atoms with van der Waals surface area (Å²) in [6.07, 6.45) is -0.175. The Labute approximate surface area is 151 Å². The zero-order valence-electron chi connectivity index (χ0n) is 14.6. The Morgan fingerprint density at radius 3 is 2.69 bits per heavy atom. The molecular weight excluding hydrogens is 340 g/mol. The van der Waals surface area contributed by atoms with Crippen molar-refractivity contribution in [2.45, 2.75) is 37.8 Å². The predicted molar refractivity (Wildman–Crippen MR) is 92.1 cm³/mol. The summed E-state index contributed by atoms with van der Waals surface area (Å²) in [6, 6.07) is 7.13. The van der Waals surface area contributed by atoms with Crippen molar-refractivity contribution >= 4 is 23.5 Å². The summed E-state index contributed by atoms with van der Waals surface area (Å²) >= 11 is 0. The van der Waals surface area contributed by atoms with Crippen LogP contribution < -0.4 is 15.0 Å². The van der Waals surface area contributed by atoms with Crippen molar-refractivity contribution in [3.8, 4) is 5.75 Å². The van der Waals surface area contributed by atoms with Crippen LogP contribution in [0.3, 0.4) is 0 Å². The molecule has 2 aliphatic rings. The Kier molecular flexibility index (Phi) is 5.13. The third-order valence-corrected chi connectivity index (χ3v) is 4.77. The molecule has 140 valence electrons. The van der Waals surface area contributed by atoms with Gasteiger partial charge in [0.2, 0.25) is 5.91 Å². The van der Waals surface area contributed by atoms with Gasteiger partial charge in [0, 0.05) is 39.0 Å². The zero-order valence-corrected chi connectivity index (χ0v) is 14.6. The predicted octanol–water partition coefficient (Wildman–Crippen LogP) is 0.941. The van der Waals surface area contributed by atoms with E-state index >= 15 is 0 Å². The van der Waals surface area contributed by atoms with E-state index in [4.69, 9.17) is 9.47 Å². The molecule has 0 saturated carbocycles. The van der Waals surface area contributed by atoms with E-state index in [1.807, 2.05) is 6.07 Å². The lowest BCUT2D eigenvalue weighted by atomic mass is 9.90. The summed E-state index contributed by atoms with van der Waals surface area (Å²) in [6.45, 7) is 2.40. The first-order valence-electron chi connectivity index (χ1n) is 8.62. The van der Waals surface area contributed by atoms with Gasteiger partial charge in [-0.2, -0.15) is 0 Å². The maximum atomic E-state index is 12.4. The standard InChI is InChI=1S/C18H22N2O6/c1-12-16(22)20(13-4-2-3-5-14(13)26-12)9-6-15(21)19-18(17(23)24)7-10-25-11-8-18/h2-5,12H,6-11H2,1H3,(H,19,21)(H,23,24). The summed E-state index contributed by atoms with van der Waals surface area (Å²) in [7, 11) is 0. The maximum absolute atomic E-state index is 12.4. The fourth-order valence-corrected chi connectivity index (χ4v) is 3.24. The number of carbonyl (C=O) groups excluding carboxylic acids is 2. The van der Waals surface area contributed by atoms with Gasteiger partial charge < -0.3 is 24.8 Å². The molecule has 2 heterocycles. The van der Waals surface area contributed by atoms with Crippen molar-refractivity contribution < 1.29 is 29.0 Å². The number of carboxylic acids is 1. The van der Waals surface area contributed by atoms with Crippen LogP contribution in [-0.2, 0) is 19.1 Å². The fourth-order valence-electron chi connectivity index (χ4n) is 3.24. The number of hydrogen-bond donors (Lipinski definition) is 2. The fraction of sp³-hybridized carbons (Fsp3) is 0.500. The number of rotatable bonds is 5. The highest BCUT2D eigenvalue weighted by Crippen LogP contribution is 2.33. The molecule has 1 aromatic rings. The molecule has 26 heavy (non-hydrogen) atoms. The van der Waals surface area contributed by atoms with Gasteiger partial charge in [0.05, 0.1) is 5.69 Å². The quantitative estimate of drug-likeness (QED) is 0.808. The molecule has 0 bridgehead atoms. The Morgan fingerprint density at radius 1 is 1.31 bits per heavy atom. The smallest absolute Gasteiger partial charge is 0.329 e. The lowest BCUT2D eigenvalue weighted by Gasteiger charge is -2.35. The van der Waals surface area contributed by atoms with E-state index in [2.05, 4.69) is 5.32 Å². The molecule has 1 unspecified atom stereocenters. The van der Waals surface area contributed by atoms with Crippen LogP contribution in [0, 0.1) is 0 Å². The summed E-state index contributed by atoms with van der Waals surface area (Å²) in [5, 5.41) is 12.1. The number of amides is 2. The summed E-state index contributed by atoms with van der Waals surface area (Å²) in [4.78, 5) is 37.9. The van der Waals surface area contributed by atoms with E-state index in [0.717, 1.165) is 0 Å². The van der Waals surface area contributed by atoms with Crippen LogP contribution in [0.5, 0.6) is 5.75 Å². The molecule has 8 heteroatoms. The maximum Gasteiger partial charge on any atom is 0.329 e. The van der Waals surface area contributed by atoms with Crippen LogP contribution in [0.1, 0.15) is 26.2 Å². The van der Waals surface area contributed by atoms with Crippen molar-refractivity contribution in [3.63, 3.8) is 0 Å². The lowest BCUT2D eigenvalue weighted by molar-refractivity contribution is -0.152. The zero-order chi connectivity index (χ0) is 18.7. The molecule has 1 atom stereocenters. The lowest BCUT2D eigenvalue weighted by Crippen LogP contribution is -2.58. The van der Waals surface area contributed by atoms with Crippen molar-refractivity contribution in [2.24, 2.45) is 0 Å². The second kappa shape index (κ2) is 7.33. The van der Waals surface area contributed by atoms with Gasteiger partial charge in [-0.1, -0.05) is 12.1 Å². The summed E-state index contributed by atoms with van der Waals surface area (Å²) in [5.41, 5.74) is -0.683. The number of nitrogens with one attached hydrogen (secondary N) is 1. The van der Waals surface area contributed by atoms with Crippen LogP contribution in [0.15, 0.2) is 24.3 Å². The highest BCUT2D eigenvalue weighted by molar-refractivity contribution is 6.00. The minimum atomic E-state index is -1.30. The van der Waals surface area contributed by atoms with Crippen molar-refractivity contribution in [2.75, 3.05) is 24.7 Å². The van der Waals surface area contributed by atoms with E-state index < -0.39 is 23.5 Å². The number of hydrogen-bond acceptors (Lipinski definition) is 5. The van der Waals surface area contributed by atoms with Gasteiger partial charge in [-0.3, -0.25) is 9.59 Å². The molecule has 0 spiro atoms. The van der Waals surface area contributed by atoms with Gasteiger partial charge in [0.1, 0.15) is 11.3 Å². The number of para-hydroxylation sites is 2. The average Bonchev–Trinajstić information content (AvgIpc) is 2.63. The van der Waals surface area contributed by atoms with Crippen molar-refractivity contribution in [1.82, 2.24) is 5.32 Å². The topological polar surface area (TPSA) is 105 Å². The SMILES string of the molecule is CC1Oc2ccccc2N(CCC(=O)NC2(C(=O)O)CCOCC2)C1=O. The van der Waals surface area contributed by atoms with Crippen molar-refractivity contribution in [1.29, 1.82) is 0 Å². The summed E-state index contributed by atoms with van der Waals surface area (Å²) < 4.78 is 10.8. The van der Waals surface area contributed by atoms with Crippen LogP contribution in [0.25, 0.3) is 0 Å². The van der Waals surface area contributed by atoms with Gasteiger partial charge in [-0.15, -0.1) is 0 Å². The number of aliphatic carboxylic acids is 1. The second-order valence-corrected chi connectivity index (χ2v) is 6.52. The first-order valence-corrected chi connectivity index (χ1v) is 8.62. The van der Waals surface area contributed by atoms with E-state index in [-0.39, 0.29) is 31.7 Å². The number of benzene rings is 1. The Hall–Kier alpha value is -2.61. The number of carboxylic acid groups (broad SMARTS) is 1. The first-order chi connectivity index (χ1) is 12.4. The van der Waals surface area contributed by atoms with Crippen molar-refractivity contribution in [3.05, 3.63) is 24.3 Å². The normalized spacial score (nSPS) is 21.5. The van der Waals surface area contributed by atoms with E-state index in [0.29, 0.717) is 24.7 Å². The van der Waals surface area contributed by atoms with Gasteiger partial charge in [0.15, 0.2) is 6.10 Å². The van der Waals surface area contributed by atoms with E-state index in [1.165, 1.54) is 4.90 Å². The number of ether oxygens (including phenoxy) is 2. The summed E-state index contributed by atoms with van der Waals surface area (Å²) in [5.74, 6) is -1.10. The van der Waals surface area contributed by atoms with Crippen LogP contribution >= 0.6 is 0 Å². The molecular formula is C18H22N2O6. The molecule has 2 N–H and O–H groups in total. The molecule has 1 saturated heterocycles. The number of nitrogens with zero attached hydrogens (tertiary/aromatic N) is 1. The highest BCUT2D eigenvalue weighted by Gasteiger charge is 2.41. The Bertz CT molecular complexity index is 713. The molecule has 0 radical (unpaired) electrons. The molecule has 0 aliphatic carbocycles. The first kappa shape index (κ1) is 18.2. The molecule has 2 aliphatic heterocycles. The number of fused-ring (bicyclic) bond motifs is 1. The van der Waals surface area contributed by atoms with Gasteiger partial charge >= 0.3 is 5.97 Å². The third-order valence-electron chi connectivity index (χ3n) is 4.77. The molecule has 2 amide bonds. The van der Waals surface area contributed by atoms with E-state index in [1.54, 1.807) is 25.1 Å². The van der Waals surface area contributed by atoms with Gasteiger partial charge in [0.25, 0.3) is 5.91 Å². The highest BCUT2D eigenvalue weighted by atomic mass is 16.5. The molecule has 1 aromatic carbocycles. The second-order valence-electron chi connectivity index (χ2n) is 6.52. The molecule has 3 rings (SSSR count). The minimum Gasteiger partial charge on any atom is -0.480 e. The number of carbonyl (C=O) groups is 3. The monoisotopic (exact) mass is 362 g/mol. The molecule has 1 fully saturated rings. The average molecular weight is 362 g/mol. The van der Waals surface area contributed by atoms with Crippen LogP contribution in [-0.4, -0.2) is 54.3 Å². The van der Waals surface area contributed by atoms with Gasteiger partial charge in [-0.25, -0.2) is 4.79 Å². The molecule has 0 aromatic heterocycles. The Balaban J connectivity index is 1.67.